The second-order valence-electron chi connectivity index (χ2n) is 4.66. The lowest BCUT2D eigenvalue weighted by Gasteiger charge is -2.26. The fraction of sp³-hybridized carbons (Fsp3) is 0.818. The predicted octanol–water partition coefficient (Wildman–Crippen LogP) is 1.39. The zero-order valence-corrected chi connectivity index (χ0v) is 11.3. The Morgan fingerprint density at radius 2 is 2.06 bits per heavy atom. The number of hydrogen-bond donors (Lipinski definition) is 2. The molecule has 1 aliphatic rings. The number of carbonyl (C=O) groups excluding carboxylic acids is 1. The Bertz CT molecular complexity index is 303. The Labute approximate surface area is 106 Å². The molecule has 2 amide bonds. The number of amides is 2. The number of aliphatic carboxylic acids is 1. The second-order valence-corrected chi connectivity index (χ2v) is 5.94. The second kappa shape index (κ2) is 5.62. The first kappa shape index (κ1) is 14.2. The van der Waals surface area contributed by atoms with Crippen LogP contribution in [-0.2, 0) is 4.79 Å². The van der Waals surface area contributed by atoms with E-state index in [1.54, 1.807) is 11.8 Å². The maximum absolute atomic E-state index is 11.9. The van der Waals surface area contributed by atoms with Crippen LogP contribution >= 0.6 is 11.8 Å². The molecule has 0 bridgehead atoms. The van der Waals surface area contributed by atoms with Crippen LogP contribution < -0.4 is 5.32 Å². The molecule has 17 heavy (non-hydrogen) atoms. The zero-order chi connectivity index (χ0) is 13.1. The van der Waals surface area contributed by atoms with Gasteiger partial charge in [0.25, 0.3) is 0 Å². The highest BCUT2D eigenvalue weighted by Gasteiger charge is 2.42. The maximum Gasteiger partial charge on any atom is 0.323 e. The van der Waals surface area contributed by atoms with Gasteiger partial charge in [0.1, 0.15) is 6.54 Å². The number of carboxylic acids is 1. The third kappa shape index (κ3) is 4.11. The Morgan fingerprint density at radius 3 is 2.41 bits per heavy atom. The van der Waals surface area contributed by atoms with Crippen LogP contribution in [0.3, 0.4) is 0 Å². The molecule has 2 N–H and O–H groups in total. The Morgan fingerprint density at radius 1 is 1.47 bits per heavy atom. The number of nitrogens with zero attached hydrogens (tertiary/aromatic N) is 1. The largest absolute Gasteiger partial charge is 0.480 e. The van der Waals surface area contributed by atoms with Crippen molar-refractivity contribution in [1.29, 1.82) is 0 Å². The molecule has 1 rings (SSSR count). The molecule has 98 valence electrons. The first-order valence-corrected chi connectivity index (χ1v) is 6.94. The van der Waals surface area contributed by atoms with E-state index in [1.807, 2.05) is 20.1 Å². The van der Waals surface area contributed by atoms with Gasteiger partial charge in [-0.3, -0.25) is 4.79 Å². The predicted molar refractivity (Wildman–Crippen MR) is 68.4 cm³/mol. The summed E-state index contributed by atoms with van der Waals surface area (Å²) in [6.07, 6.45) is 4.28. The van der Waals surface area contributed by atoms with Gasteiger partial charge in [-0.15, -0.1) is 0 Å². The minimum absolute atomic E-state index is 0.115. The van der Waals surface area contributed by atoms with Gasteiger partial charge in [-0.25, -0.2) is 4.79 Å². The molecule has 0 aliphatic heterocycles. The summed E-state index contributed by atoms with van der Waals surface area (Å²) < 4.78 is 0.196. The van der Waals surface area contributed by atoms with E-state index in [2.05, 4.69) is 5.32 Å². The first-order valence-electron chi connectivity index (χ1n) is 5.71. The van der Waals surface area contributed by atoms with Crippen molar-refractivity contribution >= 4 is 23.8 Å². The van der Waals surface area contributed by atoms with Crippen molar-refractivity contribution in [1.82, 2.24) is 10.2 Å². The third-order valence-electron chi connectivity index (χ3n) is 2.99. The Balaban J connectivity index is 2.45. The number of nitrogens with one attached hydrogen (secondary N) is 1. The van der Waals surface area contributed by atoms with Gasteiger partial charge in [-0.2, -0.15) is 11.8 Å². The number of urea groups is 1. The van der Waals surface area contributed by atoms with Crippen LogP contribution in [0.5, 0.6) is 0 Å². The molecular formula is C11H20N2O3S. The number of carbonyl (C=O) groups is 2. The summed E-state index contributed by atoms with van der Waals surface area (Å²) in [6, 6.07) is -0.404. The summed E-state index contributed by atoms with van der Waals surface area (Å²) >= 11 is 1.76. The molecule has 0 saturated heterocycles. The molecule has 6 heteroatoms. The van der Waals surface area contributed by atoms with Crippen molar-refractivity contribution in [3.63, 3.8) is 0 Å². The smallest absolute Gasteiger partial charge is 0.323 e. The van der Waals surface area contributed by atoms with Gasteiger partial charge in [0.2, 0.25) is 0 Å². The Hall–Kier alpha value is -0.910. The molecule has 0 unspecified atom stereocenters. The highest BCUT2D eigenvalue weighted by molar-refractivity contribution is 8.00. The maximum atomic E-state index is 11.9. The van der Waals surface area contributed by atoms with Crippen LogP contribution in [0.2, 0.25) is 0 Å². The molecule has 0 spiro atoms. The highest BCUT2D eigenvalue weighted by atomic mass is 32.2. The van der Waals surface area contributed by atoms with Crippen LogP contribution in [0.1, 0.15) is 26.7 Å². The molecule has 1 fully saturated rings. The lowest BCUT2D eigenvalue weighted by atomic mass is 10.3. The molecule has 0 aromatic rings. The summed E-state index contributed by atoms with van der Waals surface area (Å²) in [5, 5.41) is 11.6. The van der Waals surface area contributed by atoms with E-state index in [1.165, 1.54) is 4.90 Å². The summed E-state index contributed by atoms with van der Waals surface area (Å²) in [4.78, 5) is 23.8. The van der Waals surface area contributed by atoms with Gasteiger partial charge in [-0.05, 0) is 32.9 Å². The average molecular weight is 260 g/mol. The fourth-order valence-electron chi connectivity index (χ4n) is 1.57. The van der Waals surface area contributed by atoms with Crippen LogP contribution in [0.15, 0.2) is 0 Å². The molecule has 5 nitrogen and oxygen atoms in total. The van der Waals surface area contributed by atoms with Gasteiger partial charge in [-0.1, -0.05) is 0 Å². The van der Waals surface area contributed by atoms with E-state index in [9.17, 15) is 9.59 Å². The van der Waals surface area contributed by atoms with Gasteiger partial charge in [0.05, 0.1) is 0 Å². The van der Waals surface area contributed by atoms with E-state index >= 15 is 0 Å². The molecular weight excluding hydrogens is 240 g/mol. The lowest BCUT2D eigenvalue weighted by Crippen LogP contribution is -2.48. The minimum Gasteiger partial charge on any atom is -0.480 e. The normalized spacial score (nSPS) is 16.7. The van der Waals surface area contributed by atoms with Gasteiger partial charge >= 0.3 is 12.0 Å². The van der Waals surface area contributed by atoms with Gasteiger partial charge in [0.15, 0.2) is 0 Å². The third-order valence-corrected chi connectivity index (χ3v) is 4.41. The van der Waals surface area contributed by atoms with Crippen LogP contribution in [0, 0.1) is 0 Å². The molecule has 1 saturated carbocycles. The van der Waals surface area contributed by atoms with Crippen LogP contribution in [0.25, 0.3) is 0 Å². The van der Waals surface area contributed by atoms with E-state index in [0.717, 1.165) is 12.8 Å². The summed E-state index contributed by atoms with van der Waals surface area (Å²) in [5.74, 6) is -0.986. The van der Waals surface area contributed by atoms with Crippen molar-refractivity contribution < 1.29 is 14.7 Å². The first-order chi connectivity index (χ1) is 7.90. The summed E-state index contributed by atoms with van der Waals surface area (Å²) in [7, 11) is 0. The lowest BCUT2D eigenvalue weighted by molar-refractivity contribution is -0.138. The number of hydrogen-bond acceptors (Lipinski definition) is 3. The summed E-state index contributed by atoms with van der Waals surface area (Å²) in [5.41, 5.74) is 0. The quantitative estimate of drug-likeness (QED) is 0.757. The summed E-state index contributed by atoms with van der Waals surface area (Å²) in [6.45, 7) is 3.99. The Kier molecular flexibility index (Phi) is 4.68. The van der Waals surface area contributed by atoms with Crippen molar-refractivity contribution in [3.05, 3.63) is 0 Å². The average Bonchev–Trinajstić information content (AvgIpc) is 3.03. The van der Waals surface area contributed by atoms with Crippen molar-refractivity contribution in [2.75, 3.05) is 19.3 Å². The fourth-order valence-corrected chi connectivity index (χ4v) is 2.29. The van der Waals surface area contributed by atoms with Crippen LogP contribution in [0.4, 0.5) is 4.79 Å². The molecule has 0 radical (unpaired) electrons. The standard InChI is InChI=1S/C11H20N2O3S/c1-8(2)13(6-9(14)15)10(16)12-7-11(17-3)4-5-11/h8H,4-7H2,1-3H3,(H,12,16)(H,14,15). The molecule has 0 aromatic carbocycles. The highest BCUT2D eigenvalue weighted by Crippen LogP contribution is 2.46. The van der Waals surface area contributed by atoms with Crippen molar-refractivity contribution in [2.45, 2.75) is 37.5 Å². The van der Waals surface area contributed by atoms with Crippen molar-refractivity contribution in [3.8, 4) is 0 Å². The number of carboxylic acid groups (broad SMARTS) is 1. The van der Waals surface area contributed by atoms with Gasteiger partial charge < -0.3 is 15.3 Å². The van der Waals surface area contributed by atoms with E-state index in [0.29, 0.717) is 6.54 Å². The monoisotopic (exact) mass is 260 g/mol. The van der Waals surface area contributed by atoms with E-state index in [-0.39, 0.29) is 23.4 Å². The van der Waals surface area contributed by atoms with Crippen LogP contribution in [-0.4, -0.2) is 52.1 Å². The topological polar surface area (TPSA) is 69.6 Å². The molecule has 0 heterocycles. The molecule has 0 atom stereocenters. The van der Waals surface area contributed by atoms with E-state index < -0.39 is 5.97 Å². The van der Waals surface area contributed by atoms with Gasteiger partial charge in [0, 0.05) is 17.3 Å². The number of thioether (sulfide) groups is 1. The molecule has 0 aromatic heterocycles. The van der Waals surface area contributed by atoms with Crippen molar-refractivity contribution in [2.24, 2.45) is 0 Å². The SMILES string of the molecule is CSC1(CNC(=O)N(CC(=O)O)C(C)C)CC1. The minimum atomic E-state index is -0.986. The molecule has 1 aliphatic carbocycles. The number of rotatable bonds is 6. The van der Waals surface area contributed by atoms with E-state index in [4.69, 9.17) is 5.11 Å². The zero-order valence-electron chi connectivity index (χ0n) is 10.5.